The molecule has 0 spiro atoms. The van der Waals surface area contributed by atoms with E-state index in [1.54, 1.807) is 0 Å². The fourth-order valence-electron chi connectivity index (χ4n) is 11.6. The predicted octanol–water partition coefficient (Wildman–Crippen LogP) is 14.3. The van der Waals surface area contributed by atoms with Crippen molar-refractivity contribution >= 4 is 48.1 Å². The van der Waals surface area contributed by atoms with E-state index >= 15 is 0 Å². The minimum atomic E-state index is -3.56. The number of alkyl halides is 2. The van der Waals surface area contributed by atoms with Crippen LogP contribution in [-0.4, -0.2) is 38.3 Å². The fourth-order valence-corrected chi connectivity index (χ4v) is 33.3. The summed E-state index contributed by atoms with van der Waals surface area (Å²) in [5, 5.41) is -0.0436. The van der Waals surface area contributed by atoms with Crippen LogP contribution in [-0.2, 0) is 24.7 Å². The first-order valence-corrected chi connectivity index (χ1v) is 25.0. The zero-order valence-corrected chi connectivity index (χ0v) is 34.1. The van der Waals surface area contributed by atoms with Gasteiger partial charge in [0.1, 0.15) is 0 Å². The molecule has 6 fully saturated rings. The molecule has 6 saturated carbocycles. The quantitative estimate of drug-likeness (QED) is 0.174. The summed E-state index contributed by atoms with van der Waals surface area (Å²) >= 11 is 25.4. The van der Waals surface area contributed by atoms with Crippen molar-refractivity contribution < 1.29 is 24.7 Å². The van der Waals surface area contributed by atoms with Gasteiger partial charge in [0.2, 0.25) is 0 Å². The SMILES string of the molecule is ClC1CCCCC1(Cl)P(Cl)(O[P+](C1CCCCC1)(C1CCCCC1)C1CCCCC1)(C1CCCCC1)C1CCCCC1.[Re]. The molecule has 6 aliphatic rings. The van der Waals surface area contributed by atoms with E-state index in [1.165, 1.54) is 173 Å². The molecule has 2 unspecified atom stereocenters. The van der Waals surface area contributed by atoms with Crippen molar-refractivity contribution in [1.82, 2.24) is 0 Å². The van der Waals surface area contributed by atoms with Gasteiger partial charge in [-0.2, -0.15) is 0 Å². The van der Waals surface area contributed by atoms with Gasteiger partial charge in [-0.1, -0.05) is 0 Å². The Labute approximate surface area is 295 Å². The standard InChI is InChI=1S/C36H64Cl3OP2.Re/c37-35-28-16-17-29-36(35,38)42(39,33-24-12-4-13-25-33,34-26-14-5-15-27-34)40-41(30-18-6-1-7-19-30,31-20-8-2-9-21-31)32-22-10-3-11-23-32;/h30-35H,1-29H2;/q+1;. The Morgan fingerprint density at radius 2 is 0.814 bits per heavy atom. The maximum absolute atomic E-state index is 9.23. The molecule has 2 atom stereocenters. The summed E-state index contributed by atoms with van der Waals surface area (Å²) in [6, 6.07) is 0. The summed E-state index contributed by atoms with van der Waals surface area (Å²) in [7, 11) is -1.90. The van der Waals surface area contributed by atoms with Crippen LogP contribution in [0.3, 0.4) is 0 Å². The average molecular weight is 867 g/mol. The second kappa shape index (κ2) is 15.9. The first-order valence-electron chi connectivity index (χ1n) is 19.1. The van der Waals surface area contributed by atoms with E-state index in [0.717, 1.165) is 29.8 Å². The van der Waals surface area contributed by atoms with Crippen LogP contribution in [0.4, 0.5) is 0 Å². The van der Waals surface area contributed by atoms with Crippen molar-refractivity contribution in [2.75, 3.05) is 0 Å². The Hall–Kier alpha value is 2.35. The molecule has 0 saturated heterocycles. The Kier molecular flexibility index (Phi) is 13.6. The molecule has 0 heterocycles. The molecule has 6 aliphatic carbocycles. The van der Waals surface area contributed by atoms with E-state index in [4.69, 9.17) is 27.5 Å². The van der Waals surface area contributed by atoms with Gasteiger partial charge in [-0.15, -0.1) is 0 Å². The number of rotatable bonds is 8. The van der Waals surface area contributed by atoms with Crippen molar-refractivity contribution in [3.05, 3.63) is 0 Å². The summed E-state index contributed by atoms with van der Waals surface area (Å²) in [5.74, 6) is 0. The minimum Gasteiger partial charge on any atom is 0 e. The second-order valence-corrected chi connectivity index (χ2v) is 28.2. The summed E-state index contributed by atoms with van der Waals surface area (Å²) in [5.41, 5.74) is 3.22. The van der Waals surface area contributed by atoms with Crippen molar-refractivity contribution in [3.8, 4) is 0 Å². The van der Waals surface area contributed by atoms with Gasteiger partial charge in [-0.3, -0.25) is 0 Å². The third kappa shape index (κ3) is 6.65. The van der Waals surface area contributed by atoms with Gasteiger partial charge in [0.15, 0.2) is 0 Å². The summed E-state index contributed by atoms with van der Waals surface area (Å²) in [6.07, 6.45) is 34.9. The molecular formula is C36H64Cl3OP2Re+. The van der Waals surface area contributed by atoms with Crippen molar-refractivity contribution in [1.29, 1.82) is 0 Å². The summed E-state index contributed by atoms with van der Waals surface area (Å²) in [6.45, 7) is 0. The van der Waals surface area contributed by atoms with Gasteiger partial charge in [0, 0.05) is 20.4 Å². The smallest absolute Gasteiger partial charge is 0 e. The summed E-state index contributed by atoms with van der Waals surface area (Å²) < 4.78 is 8.46. The Bertz CT molecular complexity index is 799. The van der Waals surface area contributed by atoms with E-state index in [-0.39, 0.29) is 25.8 Å². The van der Waals surface area contributed by atoms with Crippen LogP contribution >= 0.6 is 48.1 Å². The van der Waals surface area contributed by atoms with Crippen molar-refractivity contribution in [2.24, 2.45) is 0 Å². The fraction of sp³-hybridized carbons (Fsp3) is 1.00. The van der Waals surface area contributed by atoms with E-state index in [1.807, 2.05) is 0 Å². The first-order chi connectivity index (χ1) is 20.4. The molecule has 43 heavy (non-hydrogen) atoms. The van der Waals surface area contributed by atoms with E-state index in [9.17, 15) is 11.2 Å². The Morgan fingerprint density at radius 3 is 1.16 bits per heavy atom. The van der Waals surface area contributed by atoms with Gasteiger partial charge in [0.25, 0.3) is 0 Å². The largest absolute Gasteiger partial charge is 0 e. The van der Waals surface area contributed by atoms with Crippen molar-refractivity contribution in [2.45, 2.75) is 224 Å². The molecule has 0 bridgehead atoms. The average Bonchev–Trinajstić information content (AvgIpc) is 3.07. The van der Waals surface area contributed by atoms with Crippen LogP contribution in [0.15, 0.2) is 0 Å². The normalized spacial score (nSPS) is 33.4. The van der Waals surface area contributed by atoms with Gasteiger partial charge in [-0.05, 0) is 0 Å². The second-order valence-electron chi connectivity index (χ2n) is 15.9. The van der Waals surface area contributed by atoms with Crippen LogP contribution in [0.5, 0.6) is 0 Å². The molecule has 0 N–H and O–H groups in total. The maximum Gasteiger partial charge on any atom is 0 e. The molecule has 0 aromatic heterocycles. The number of halogens is 3. The van der Waals surface area contributed by atoms with Gasteiger partial charge >= 0.3 is 277 Å². The Morgan fingerprint density at radius 1 is 0.488 bits per heavy atom. The molecular weight excluding hydrogens is 803 g/mol. The Balaban J connectivity index is 0.00000368. The zero-order valence-electron chi connectivity index (χ0n) is 27.3. The molecule has 7 heteroatoms. The van der Waals surface area contributed by atoms with E-state index in [0.29, 0.717) is 11.3 Å². The molecule has 251 valence electrons. The predicted molar refractivity (Wildman–Crippen MR) is 192 cm³/mol. The molecule has 6 rings (SSSR count). The van der Waals surface area contributed by atoms with Crippen LogP contribution in [0, 0.1) is 0 Å². The van der Waals surface area contributed by atoms with Crippen LogP contribution in [0.25, 0.3) is 0 Å². The maximum atomic E-state index is 9.23. The number of hydrogen-bond acceptors (Lipinski definition) is 1. The van der Waals surface area contributed by atoms with Crippen molar-refractivity contribution in [3.63, 3.8) is 0 Å². The molecule has 0 aromatic rings. The zero-order chi connectivity index (χ0) is 29.1. The van der Waals surface area contributed by atoms with Crippen LogP contribution in [0.1, 0.15) is 186 Å². The molecule has 0 amide bonds. The van der Waals surface area contributed by atoms with Crippen LogP contribution < -0.4 is 0 Å². The monoisotopic (exact) mass is 866 g/mol. The van der Waals surface area contributed by atoms with Crippen LogP contribution in [0.2, 0.25) is 0 Å². The first kappa shape index (κ1) is 36.6. The number of hydrogen-bond donors (Lipinski definition) is 0. The molecule has 0 aromatic carbocycles. The molecule has 1 nitrogen and oxygen atoms in total. The van der Waals surface area contributed by atoms with Gasteiger partial charge < -0.3 is 0 Å². The third-order valence-electron chi connectivity index (χ3n) is 13.7. The van der Waals surface area contributed by atoms with Gasteiger partial charge in [-0.25, -0.2) is 0 Å². The molecule has 1 radical (unpaired) electrons. The topological polar surface area (TPSA) is 9.23 Å². The van der Waals surface area contributed by atoms with E-state index in [2.05, 4.69) is 0 Å². The minimum absolute atomic E-state index is 0. The molecule has 0 aliphatic heterocycles. The van der Waals surface area contributed by atoms with E-state index < -0.39 is 18.3 Å². The summed E-state index contributed by atoms with van der Waals surface area (Å²) in [4.78, 5) is 0. The van der Waals surface area contributed by atoms with Gasteiger partial charge in [0.05, 0.1) is 0 Å². The third-order valence-corrected chi connectivity index (χ3v) is 32.6.